The molecule has 17 heavy (non-hydrogen) atoms. The van der Waals surface area contributed by atoms with Gasteiger partial charge in [0.15, 0.2) is 0 Å². The molecule has 96 valence electrons. The smallest absolute Gasteiger partial charge is 0.127 e. The standard InChI is InChI=1S/C13H20FNO2/c1-11(12-5-3-4-6-13(12)14)15(2)7-9-17-10-8-16/h3-6,11,16H,7-10H2,1-2H3. The number of benzene rings is 1. The van der Waals surface area contributed by atoms with Gasteiger partial charge in [0.2, 0.25) is 0 Å². The van der Waals surface area contributed by atoms with Crippen molar-refractivity contribution in [1.29, 1.82) is 0 Å². The van der Waals surface area contributed by atoms with E-state index < -0.39 is 0 Å². The molecule has 0 spiro atoms. The largest absolute Gasteiger partial charge is 0.394 e. The summed E-state index contributed by atoms with van der Waals surface area (Å²) in [5.41, 5.74) is 0.692. The molecular weight excluding hydrogens is 221 g/mol. The molecule has 4 heteroatoms. The summed E-state index contributed by atoms with van der Waals surface area (Å²) in [7, 11) is 1.93. The molecule has 1 unspecified atom stereocenters. The summed E-state index contributed by atoms with van der Waals surface area (Å²) in [6.07, 6.45) is 0. The molecule has 1 aromatic carbocycles. The highest BCUT2D eigenvalue weighted by molar-refractivity contribution is 5.20. The molecule has 0 radical (unpaired) electrons. The van der Waals surface area contributed by atoms with Crippen LogP contribution in [0.4, 0.5) is 4.39 Å². The molecular formula is C13H20FNO2. The second-order valence-electron chi connectivity index (χ2n) is 4.01. The Labute approximate surface area is 102 Å². The van der Waals surface area contributed by atoms with Gasteiger partial charge >= 0.3 is 0 Å². The lowest BCUT2D eigenvalue weighted by Crippen LogP contribution is -2.27. The van der Waals surface area contributed by atoms with Gasteiger partial charge < -0.3 is 9.84 Å². The van der Waals surface area contributed by atoms with Crippen LogP contribution >= 0.6 is 0 Å². The van der Waals surface area contributed by atoms with Gasteiger partial charge in [0.05, 0.1) is 19.8 Å². The van der Waals surface area contributed by atoms with Crippen LogP contribution in [0.1, 0.15) is 18.5 Å². The van der Waals surface area contributed by atoms with Crippen LogP contribution < -0.4 is 0 Å². The number of nitrogens with zero attached hydrogens (tertiary/aromatic N) is 1. The zero-order chi connectivity index (χ0) is 12.7. The van der Waals surface area contributed by atoms with E-state index in [-0.39, 0.29) is 18.5 Å². The van der Waals surface area contributed by atoms with E-state index in [0.29, 0.717) is 25.3 Å². The van der Waals surface area contributed by atoms with Crippen molar-refractivity contribution in [2.45, 2.75) is 13.0 Å². The van der Waals surface area contributed by atoms with Crippen molar-refractivity contribution in [2.75, 3.05) is 33.4 Å². The quantitative estimate of drug-likeness (QED) is 0.739. The van der Waals surface area contributed by atoms with Gasteiger partial charge in [-0.15, -0.1) is 0 Å². The topological polar surface area (TPSA) is 32.7 Å². The number of aliphatic hydroxyl groups is 1. The SMILES string of the molecule is CC(c1ccccc1F)N(C)CCOCCO. The summed E-state index contributed by atoms with van der Waals surface area (Å²) >= 11 is 0. The summed E-state index contributed by atoms with van der Waals surface area (Å²) in [5.74, 6) is -0.178. The molecule has 0 bridgehead atoms. The summed E-state index contributed by atoms with van der Waals surface area (Å²) in [4.78, 5) is 2.02. The molecule has 1 N–H and O–H groups in total. The van der Waals surface area contributed by atoms with Gasteiger partial charge in [0, 0.05) is 18.2 Å². The lowest BCUT2D eigenvalue weighted by Gasteiger charge is -2.25. The molecule has 0 amide bonds. The molecule has 1 rings (SSSR count). The van der Waals surface area contributed by atoms with Crippen molar-refractivity contribution in [1.82, 2.24) is 4.90 Å². The summed E-state index contributed by atoms with van der Waals surface area (Å²) in [6, 6.07) is 6.81. The van der Waals surface area contributed by atoms with Crippen LogP contribution in [0, 0.1) is 5.82 Å². The van der Waals surface area contributed by atoms with Crippen molar-refractivity contribution in [3.05, 3.63) is 35.6 Å². The number of ether oxygens (including phenoxy) is 1. The van der Waals surface area contributed by atoms with Gasteiger partial charge in [-0.25, -0.2) is 4.39 Å². The summed E-state index contributed by atoms with van der Waals surface area (Å²) in [6.45, 7) is 3.59. The predicted molar refractivity (Wildman–Crippen MR) is 65.3 cm³/mol. The van der Waals surface area contributed by atoms with Crippen molar-refractivity contribution in [2.24, 2.45) is 0 Å². The van der Waals surface area contributed by atoms with Gasteiger partial charge in [-0.3, -0.25) is 4.90 Å². The molecule has 1 atom stereocenters. The minimum Gasteiger partial charge on any atom is -0.394 e. The van der Waals surface area contributed by atoms with E-state index in [1.54, 1.807) is 12.1 Å². The van der Waals surface area contributed by atoms with Gasteiger partial charge in [-0.2, -0.15) is 0 Å². The van der Waals surface area contributed by atoms with Crippen LogP contribution in [-0.2, 0) is 4.74 Å². The third-order valence-electron chi connectivity index (χ3n) is 2.84. The number of likely N-dealkylation sites (N-methyl/N-ethyl adjacent to an activating group) is 1. The lowest BCUT2D eigenvalue weighted by atomic mass is 10.1. The third-order valence-corrected chi connectivity index (χ3v) is 2.84. The maximum Gasteiger partial charge on any atom is 0.127 e. The van der Waals surface area contributed by atoms with Crippen LogP contribution in [0.5, 0.6) is 0 Å². The minimum atomic E-state index is -0.178. The van der Waals surface area contributed by atoms with Crippen LogP contribution in [0.3, 0.4) is 0 Å². The van der Waals surface area contributed by atoms with Crippen molar-refractivity contribution < 1.29 is 14.2 Å². The second kappa shape index (κ2) is 7.37. The van der Waals surface area contributed by atoms with Crippen LogP contribution in [0.15, 0.2) is 24.3 Å². The first-order valence-electron chi connectivity index (χ1n) is 5.80. The Bertz CT molecular complexity index is 333. The molecule has 0 aliphatic heterocycles. The highest BCUT2D eigenvalue weighted by atomic mass is 19.1. The molecule has 1 aromatic rings. The van der Waals surface area contributed by atoms with E-state index in [4.69, 9.17) is 9.84 Å². The average molecular weight is 241 g/mol. The molecule has 0 heterocycles. The molecule has 0 saturated heterocycles. The van der Waals surface area contributed by atoms with Crippen molar-refractivity contribution in [3.63, 3.8) is 0 Å². The number of hydrogen-bond donors (Lipinski definition) is 1. The van der Waals surface area contributed by atoms with E-state index in [2.05, 4.69) is 0 Å². The van der Waals surface area contributed by atoms with Crippen LogP contribution in [0.25, 0.3) is 0 Å². The highest BCUT2D eigenvalue weighted by Crippen LogP contribution is 2.20. The number of aliphatic hydroxyl groups excluding tert-OH is 1. The Balaban J connectivity index is 2.46. The Morgan fingerprint density at radius 2 is 2.06 bits per heavy atom. The van der Waals surface area contributed by atoms with E-state index in [1.807, 2.05) is 24.9 Å². The fraction of sp³-hybridized carbons (Fsp3) is 0.538. The molecule has 0 saturated carbocycles. The first-order valence-corrected chi connectivity index (χ1v) is 5.80. The number of halogens is 1. The Morgan fingerprint density at radius 1 is 1.35 bits per heavy atom. The Morgan fingerprint density at radius 3 is 2.71 bits per heavy atom. The van der Waals surface area contributed by atoms with Crippen LogP contribution in [0.2, 0.25) is 0 Å². The highest BCUT2D eigenvalue weighted by Gasteiger charge is 2.14. The predicted octanol–water partition coefficient (Wildman–Crippen LogP) is 1.83. The molecule has 0 fully saturated rings. The number of hydrogen-bond acceptors (Lipinski definition) is 3. The summed E-state index contributed by atoms with van der Waals surface area (Å²) < 4.78 is 18.7. The van der Waals surface area contributed by atoms with E-state index in [9.17, 15) is 4.39 Å². The van der Waals surface area contributed by atoms with Crippen molar-refractivity contribution in [3.8, 4) is 0 Å². The van der Waals surface area contributed by atoms with Gasteiger partial charge in [-0.1, -0.05) is 18.2 Å². The zero-order valence-electron chi connectivity index (χ0n) is 10.4. The first-order chi connectivity index (χ1) is 8.16. The molecule has 3 nitrogen and oxygen atoms in total. The third kappa shape index (κ3) is 4.42. The normalized spacial score (nSPS) is 13.0. The van der Waals surface area contributed by atoms with Crippen molar-refractivity contribution >= 4 is 0 Å². The fourth-order valence-electron chi connectivity index (χ4n) is 1.62. The van der Waals surface area contributed by atoms with E-state index in [1.165, 1.54) is 6.07 Å². The molecule has 0 aromatic heterocycles. The van der Waals surface area contributed by atoms with E-state index >= 15 is 0 Å². The number of rotatable bonds is 7. The lowest BCUT2D eigenvalue weighted by molar-refractivity contribution is 0.0716. The molecule has 0 aliphatic rings. The van der Waals surface area contributed by atoms with E-state index in [0.717, 1.165) is 0 Å². The Hall–Kier alpha value is -0.970. The van der Waals surface area contributed by atoms with Gasteiger partial charge in [-0.05, 0) is 20.0 Å². The zero-order valence-corrected chi connectivity index (χ0v) is 10.4. The average Bonchev–Trinajstić information content (AvgIpc) is 2.34. The second-order valence-corrected chi connectivity index (χ2v) is 4.01. The Kier molecular flexibility index (Phi) is 6.11. The fourth-order valence-corrected chi connectivity index (χ4v) is 1.62. The van der Waals surface area contributed by atoms with Gasteiger partial charge in [0.25, 0.3) is 0 Å². The van der Waals surface area contributed by atoms with Crippen LogP contribution in [-0.4, -0.2) is 43.4 Å². The maximum absolute atomic E-state index is 13.6. The maximum atomic E-state index is 13.6. The minimum absolute atomic E-state index is 0.00827. The molecule has 0 aliphatic carbocycles. The summed E-state index contributed by atoms with van der Waals surface area (Å²) in [5, 5.41) is 8.57. The first kappa shape index (κ1) is 14.1. The van der Waals surface area contributed by atoms with Gasteiger partial charge in [0.1, 0.15) is 5.82 Å². The monoisotopic (exact) mass is 241 g/mol.